The van der Waals surface area contributed by atoms with Crippen molar-refractivity contribution in [3.8, 4) is 5.75 Å². The fraction of sp³-hybridized carbons (Fsp3) is 0.100. The summed E-state index contributed by atoms with van der Waals surface area (Å²) in [6, 6.07) is 20.3. The van der Waals surface area contributed by atoms with Crippen molar-refractivity contribution >= 4 is 33.8 Å². The molecule has 2 atom stereocenters. The van der Waals surface area contributed by atoms with Crippen LogP contribution in [0.15, 0.2) is 60.7 Å². The second-order valence-corrected chi connectivity index (χ2v) is 6.74. The van der Waals surface area contributed by atoms with Crippen molar-refractivity contribution in [2.24, 2.45) is 0 Å². The highest BCUT2D eigenvalue weighted by molar-refractivity contribution is 7.75. The van der Waals surface area contributed by atoms with E-state index in [1.165, 1.54) is 5.22 Å². The number of hydrogen-bond donors (Lipinski definition) is 0. The maximum Gasteiger partial charge on any atom is 0.360 e. The molecule has 118 valence electrons. The van der Waals surface area contributed by atoms with Gasteiger partial charge in [0.15, 0.2) is 5.75 Å². The molecule has 24 heavy (non-hydrogen) atoms. The van der Waals surface area contributed by atoms with Crippen LogP contribution < -0.4 is 14.6 Å². The molecule has 0 amide bonds. The van der Waals surface area contributed by atoms with Crippen LogP contribution in [0.5, 0.6) is 5.75 Å². The molecule has 1 aliphatic carbocycles. The molecular formula is C20H14O3S. The summed E-state index contributed by atoms with van der Waals surface area (Å²) in [5.74, 6) is 0.612. The maximum absolute atomic E-state index is 12.2. The van der Waals surface area contributed by atoms with Gasteiger partial charge in [-0.15, -0.1) is 0 Å². The first-order chi connectivity index (χ1) is 11.8. The number of rotatable bonds is 0. The summed E-state index contributed by atoms with van der Waals surface area (Å²) in [6.07, 6.45) is 2.55. The van der Waals surface area contributed by atoms with Crippen molar-refractivity contribution in [3.63, 3.8) is 0 Å². The molecule has 2 aliphatic rings. The molecule has 0 radical (unpaired) electrons. The quantitative estimate of drug-likeness (QED) is 0.634. The van der Waals surface area contributed by atoms with Crippen molar-refractivity contribution < 1.29 is 12.6 Å². The van der Waals surface area contributed by atoms with Gasteiger partial charge < -0.3 is 4.18 Å². The van der Waals surface area contributed by atoms with E-state index < -0.39 is 11.4 Å². The van der Waals surface area contributed by atoms with Gasteiger partial charge in [-0.2, -0.15) is 4.21 Å². The third-order valence-corrected chi connectivity index (χ3v) is 5.34. The predicted octanol–water partition coefficient (Wildman–Crippen LogP) is 2.58. The Labute approximate surface area is 141 Å². The van der Waals surface area contributed by atoms with E-state index in [1.54, 1.807) is 0 Å². The molecule has 0 N–H and O–H groups in total. The minimum Gasteiger partial charge on any atom is -0.379 e. The first-order valence-electron chi connectivity index (χ1n) is 7.90. The van der Waals surface area contributed by atoms with Gasteiger partial charge in [-0.1, -0.05) is 60.7 Å². The van der Waals surface area contributed by atoms with E-state index in [-0.39, 0.29) is 6.10 Å². The van der Waals surface area contributed by atoms with Crippen LogP contribution in [-0.2, 0) is 15.5 Å². The Kier molecular flexibility index (Phi) is 3.08. The second-order valence-electron chi connectivity index (χ2n) is 5.97. The SMILES string of the molecule is O=S1Oc2ccc3ccccc3c2C2=c3ccccc3=CC[C@@H]2O1. The van der Waals surface area contributed by atoms with Gasteiger partial charge in [-0.3, -0.25) is 4.18 Å². The summed E-state index contributed by atoms with van der Waals surface area (Å²) in [4.78, 5) is 0. The van der Waals surface area contributed by atoms with Gasteiger partial charge in [0.2, 0.25) is 0 Å². The fourth-order valence-electron chi connectivity index (χ4n) is 3.62. The van der Waals surface area contributed by atoms with Gasteiger partial charge in [0.1, 0.15) is 6.10 Å². The lowest BCUT2D eigenvalue weighted by Gasteiger charge is -2.20. The molecule has 3 aromatic carbocycles. The molecule has 0 spiro atoms. The summed E-state index contributed by atoms with van der Waals surface area (Å²) < 4.78 is 23.5. The number of fused-ring (bicyclic) bond motifs is 6. The summed E-state index contributed by atoms with van der Waals surface area (Å²) in [5.41, 5.74) is 2.05. The molecule has 0 bridgehead atoms. The lowest BCUT2D eigenvalue weighted by molar-refractivity contribution is 0.270. The molecular weight excluding hydrogens is 320 g/mol. The standard InChI is InChI=1S/C20H14O3S/c21-24-22-17-11-9-13-5-1-3-7-15(13)19(17)20-16-8-4-2-6-14(16)10-12-18(20)23-24/h1-11,18H,12H2/t18-,24?/m0/s1. The van der Waals surface area contributed by atoms with Crippen LogP contribution in [-0.4, -0.2) is 10.3 Å². The maximum atomic E-state index is 12.2. The average molecular weight is 334 g/mol. The molecule has 0 saturated carbocycles. The van der Waals surface area contributed by atoms with Gasteiger partial charge in [0.25, 0.3) is 0 Å². The third-order valence-electron chi connectivity index (χ3n) is 4.64. The Morgan fingerprint density at radius 3 is 2.75 bits per heavy atom. The predicted molar refractivity (Wildman–Crippen MR) is 94.9 cm³/mol. The fourth-order valence-corrected chi connectivity index (χ4v) is 4.30. The zero-order valence-electron chi connectivity index (χ0n) is 12.8. The zero-order chi connectivity index (χ0) is 16.1. The molecule has 0 saturated heterocycles. The van der Waals surface area contributed by atoms with Crippen LogP contribution in [0.25, 0.3) is 22.4 Å². The lowest BCUT2D eigenvalue weighted by atomic mass is 9.88. The Hall–Kier alpha value is -2.43. The molecule has 3 nitrogen and oxygen atoms in total. The minimum atomic E-state index is -1.80. The monoisotopic (exact) mass is 334 g/mol. The van der Waals surface area contributed by atoms with E-state index in [0.717, 1.165) is 27.1 Å². The third kappa shape index (κ3) is 2.04. The molecule has 1 unspecified atom stereocenters. The van der Waals surface area contributed by atoms with Crippen LogP contribution in [0.4, 0.5) is 0 Å². The normalized spacial score (nSPS) is 21.8. The van der Waals surface area contributed by atoms with Crippen LogP contribution in [0.1, 0.15) is 12.0 Å². The highest BCUT2D eigenvalue weighted by Gasteiger charge is 2.30. The summed E-state index contributed by atoms with van der Waals surface area (Å²) >= 11 is -1.80. The molecule has 0 aromatic heterocycles. The van der Waals surface area contributed by atoms with E-state index in [2.05, 4.69) is 30.3 Å². The Morgan fingerprint density at radius 2 is 1.79 bits per heavy atom. The minimum absolute atomic E-state index is 0.271. The Bertz CT molecular complexity index is 1120. The van der Waals surface area contributed by atoms with Gasteiger partial charge >= 0.3 is 11.4 Å². The average Bonchev–Trinajstić information content (AvgIpc) is 2.77. The molecule has 1 heterocycles. The van der Waals surface area contributed by atoms with E-state index in [0.29, 0.717) is 12.2 Å². The molecule has 3 aromatic rings. The summed E-state index contributed by atoms with van der Waals surface area (Å²) in [5, 5.41) is 4.52. The molecule has 4 heteroatoms. The molecule has 1 aliphatic heterocycles. The number of hydrogen-bond acceptors (Lipinski definition) is 3. The van der Waals surface area contributed by atoms with E-state index in [1.807, 2.05) is 36.4 Å². The Morgan fingerprint density at radius 1 is 0.958 bits per heavy atom. The highest BCUT2D eigenvalue weighted by Crippen LogP contribution is 2.39. The van der Waals surface area contributed by atoms with E-state index in [4.69, 9.17) is 8.37 Å². The van der Waals surface area contributed by atoms with Crippen LogP contribution >= 0.6 is 0 Å². The van der Waals surface area contributed by atoms with E-state index in [9.17, 15) is 4.21 Å². The van der Waals surface area contributed by atoms with E-state index >= 15 is 0 Å². The van der Waals surface area contributed by atoms with Crippen molar-refractivity contribution in [1.82, 2.24) is 0 Å². The smallest absolute Gasteiger partial charge is 0.360 e. The van der Waals surface area contributed by atoms with Gasteiger partial charge in [-0.25, -0.2) is 0 Å². The number of benzene rings is 3. The second kappa shape index (κ2) is 5.30. The summed E-state index contributed by atoms with van der Waals surface area (Å²) in [6.45, 7) is 0. The van der Waals surface area contributed by atoms with Gasteiger partial charge in [0, 0.05) is 11.1 Å². The van der Waals surface area contributed by atoms with Crippen molar-refractivity contribution in [2.45, 2.75) is 12.5 Å². The van der Waals surface area contributed by atoms with Crippen LogP contribution in [0, 0.1) is 0 Å². The zero-order valence-corrected chi connectivity index (χ0v) is 13.6. The van der Waals surface area contributed by atoms with Gasteiger partial charge in [0.05, 0.1) is 0 Å². The van der Waals surface area contributed by atoms with Gasteiger partial charge in [-0.05, 0) is 33.7 Å². The molecule has 0 fully saturated rings. The largest absolute Gasteiger partial charge is 0.379 e. The summed E-state index contributed by atoms with van der Waals surface area (Å²) in [7, 11) is 0. The molecule has 5 rings (SSSR count). The Balaban J connectivity index is 2.00. The van der Waals surface area contributed by atoms with Crippen molar-refractivity contribution in [3.05, 3.63) is 76.7 Å². The topological polar surface area (TPSA) is 35.5 Å². The van der Waals surface area contributed by atoms with Crippen molar-refractivity contribution in [2.75, 3.05) is 0 Å². The van der Waals surface area contributed by atoms with Crippen LogP contribution in [0.2, 0.25) is 0 Å². The first-order valence-corrected chi connectivity index (χ1v) is 8.90. The first kappa shape index (κ1) is 14.0. The van der Waals surface area contributed by atoms with Crippen LogP contribution in [0.3, 0.4) is 0 Å². The highest BCUT2D eigenvalue weighted by atomic mass is 32.2. The van der Waals surface area contributed by atoms with Crippen molar-refractivity contribution in [1.29, 1.82) is 0 Å². The lowest BCUT2D eigenvalue weighted by Crippen LogP contribution is -2.35.